The Morgan fingerprint density at radius 3 is 2.63 bits per heavy atom. The van der Waals surface area contributed by atoms with E-state index in [1.165, 1.54) is 12.4 Å². The van der Waals surface area contributed by atoms with Crippen LogP contribution in [0.2, 0.25) is 5.15 Å². The van der Waals surface area contributed by atoms with E-state index in [-0.39, 0.29) is 16.8 Å². The first-order chi connectivity index (χ1) is 8.90. The molecule has 0 aliphatic rings. The number of halogens is 1. The van der Waals surface area contributed by atoms with Gasteiger partial charge in [0.25, 0.3) is 5.91 Å². The van der Waals surface area contributed by atoms with E-state index < -0.39 is 0 Å². The van der Waals surface area contributed by atoms with Crippen LogP contribution < -0.4 is 5.32 Å². The lowest BCUT2D eigenvalue weighted by atomic mass is 10.0. The molecule has 0 radical (unpaired) electrons. The Bertz CT molecular complexity index is 423. The maximum absolute atomic E-state index is 11.9. The molecule has 1 rings (SSSR count). The Morgan fingerprint density at radius 2 is 2.11 bits per heavy atom. The Balaban J connectivity index is 2.57. The molecule has 0 aliphatic heterocycles. The molecular formula is C13H21ClN4O. The highest BCUT2D eigenvalue weighted by atomic mass is 35.5. The highest BCUT2D eigenvalue weighted by Crippen LogP contribution is 2.08. The molecule has 5 nitrogen and oxygen atoms in total. The van der Waals surface area contributed by atoms with E-state index in [4.69, 9.17) is 11.6 Å². The summed E-state index contributed by atoms with van der Waals surface area (Å²) in [5, 5.41) is 3.09. The molecule has 0 saturated carbocycles. The Hall–Kier alpha value is -1.20. The molecule has 1 N–H and O–H groups in total. The SMILES string of the molecule is CC(C)CC(CNC(=O)c1cncc(Cl)n1)N(C)C. The Kier molecular flexibility index (Phi) is 6.18. The summed E-state index contributed by atoms with van der Waals surface area (Å²) < 4.78 is 0. The van der Waals surface area contributed by atoms with Gasteiger partial charge in [0.1, 0.15) is 10.8 Å². The summed E-state index contributed by atoms with van der Waals surface area (Å²) in [5.74, 6) is 0.334. The summed E-state index contributed by atoms with van der Waals surface area (Å²) in [4.78, 5) is 21.8. The number of likely N-dealkylation sites (N-methyl/N-ethyl adjacent to an activating group) is 1. The molecule has 1 unspecified atom stereocenters. The molecule has 1 heterocycles. The molecule has 1 aromatic heterocycles. The van der Waals surface area contributed by atoms with Crippen LogP contribution in [-0.4, -0.2) is 47.5 Å². The third kappa shape index (κ3) is 5.53. The minimum Gasteiger partial charge on any atom is -0.349 e. The number of carbonyl (C=O) groups is 1. The summed E-state index contributed by atoms with van der Waals surface area (Å²) >= 11 is 5.71. The van der Waals surface area contributed by atoms with E-state index in [1.54, 1.807) is 0 Å². The summed E-state index contributed by atoms with van der Waals surface area (Å²) in [6.07, 6.45) is 3.84. The number of nitrogens with zero attached hydrogens (tertiary/aromatic N) is 3. The fourth-order valence-electron chi connectivity index (χ4n) is 1.77. The number of carbonyl (C=O) groups excluding carboxylic acids is 1. The smallest absolute Gasteiger partial charge is 0.271 e. The van der Waals surface area contributed by atoms with Crippen molar-refractivity contribution in [2.45, 2.75) is 26.3 Å². The standard InChI is InChI=1S/C13H21ClN4O/c1-9(2)5-10(18(3)4)6-16-13(19)11-7-15-8-12(14)17-11/h7-10H,5-6H2,1-4H3,(H,16,19). The van der Waals surface area contributed by atoms with Crippen molar-refractivity contribution in [3.63, 3.8) is 0 Å². The fourth-order valence-corrected chi connectivity index (χ4v) is 1.92. The van der Waals surface area contributed by atoms with Gasteiger partial charge in [-0.3, -0.25) is 9.78 Å². The lowest BCUT2D eigenvalue weighted by molar-refractivity contribution is 0.0933. The van der Waals surface area contributed by atoms with Gasteiger partial charge in [-0.25, -0.2) is 4.98 Å². The second kappa shape index (κ2) is 7.40. The largest absolute Gasteiger partial charge is 0.349 e. The minimum atomic E-state index is -0.245. The van der Waals surface area contributed by atoms with Crippen molar-refractivity contribution in [3.05, 3.63) is 23.2 Å². The third-order valence-corrected chi connectivity index (χ3v) is 2.99. The van der Waals surface area contributed by atoms with Crippen molar-refractivity contribution >= 4 is 17.5 Å². The van der Waals surface area contributed by atoms with Crippen molar-refractivity contribution in [3.8, 4) is 0 Å². The van der Waals surface area contributed by atoms with Gasteiger partial charge in [0.15, 0.2) is 0 Å². The van der Waals surface area contributed by atoms with Crippen molar-refractivity contribution in [1.29, 1.82) is 0 Å². The summed E-state index contributed by atoms with van der Waals surface area (Å²) in [6, 6.07) is 0.302. The van der Waals surface area contributed by atoms with Crippen LogP contribution in [-0.2, 0) is 0 Å². The van der Waals surface area contributed by atoms with E-state index in [2.05, 4.69) is 34.0 Å². The maximum Gasteiger partial charge on any atom is 0.271 e. The zero-order chi connectivity index (χ0) is 14.4. The predicted octanol–water partition coefficient (Wildman–Crippen LogP) is 1.84. The van der Waals surface area contributed by atoms with Gasteiger partial charge in [-0.2, -0.15) is 0 Å². The second-order valence-corrected chi connectivity index (χ2v) is 5.57. The molecular weight excluding hydrogens is 264 g/mol. The van der Waals surface area contributed by atoms with Crippen molar-refractivity contribution in [2.75, 3.05) is 20.6 Å². The van der Waals surface area contributed by atoms with Crippen LogP contribution >= 0.6 is 11.6 Å². The van der Waals surface area contributed by atoms with Crippen LogP contribution in [0.15, 0.2) is 12.4 Å². The third-order valence-electron chi connectivity index (χ3n) is 2.81. The van der Waals surface area contributed by atoms with E-state index in [1.807, 2.05) is 14.1 Å². The molecule has 0 saturated heterocycles. The van der Waals surface area contributed by atoms with Gasteiger partial charge in [0.2, 0.25) is 0 Å². The predicted molar refractivity (Wildman–Crippen MR) is 76.3 cm³/mol. The van der Waals surface area contributed by atoms with Crippen molar-refractivity contribution in [2.24, 2.45) is 5.92 Å². The normalized spacial score (nSPS) is 12.8. The van der Waals surface area contributed by atoms with Gasteiger partial charge in [0, 0.05) is 12.6 Å². The van der Waals surface area contributed by atoms with Gasteiger partial charge in [-0.05, 0) is 26.4 Å². The molecule has 6 heteroatoms. The van der Waals surface area contributed by atoms with Gasteiger partial charge < -0.3 is 10.2 Å². The molecule has 106 valence electrons. The number of nitrogens with one attached hydrogen (secondary N) is 1. The van der Waals surface area contributed by atoms with Crippen LogP contribution in [0.3, 0.4) is 0 Å². The van der Waals surface area contributed by atoms with E-state index >= 15 is 0 Å². The van der Waals surface area contributed by atoms with Crippen LogP contribution in [0.5, 0.6) is 0 Å². The average molecular weight is 285 g/mol. The summed E-state index contributed by atoms with van der Waals surface area (Å²) in [6.45, 7) is 4.92. The summed E-state index contributed by atoms with van der Waals surface area (Å²) in [7, 11) is 4.02. The molecule has 19 heavy (non-hydrogen) atoms. The number of amides is 1. The molecule has 1 aromatic rings. The highest BCUT2D eigenvalue weighted by Gasteiger charge is 2.16. The lowest BCUT2D eigenvalue weighted by Crippen LogP contribution is -2.41. The molecule has 0 spiro atoms. The topological polar surface area (TPSA) is 58.1 Å². The van der Waals surface area contributed by atoms with Gasteiger partial charge in [-0.1, -0.05) is 25.4 Å². The van der Waals surface area contributed by atoms with Crippen LogP contribution in [0.4, 0.5) is 0 Å². The lowest BCUT2D eigenvalue weighted by Gasteiger charge is -2.26. The molecule has 0 bridgehead atoms. The molecule has 1 amide bonds. The first-order valence-electron chi connectivity index (χ1n) is 6.32. The first-order valence-corrected chi connectivity index (χ1v) is 6.70. The highest BCUT2D eigenvalue weighted by molar-refractivity contribution is 6.29. The Morgan fingerprint density at radius 1 is 1.42 bits per heavy atom. The number of aromatic nitrogens is 2. The van der Waals surface area contributed by atoms with Gasteiger partial charge >= 0.3 is 0 Å². The zero-order valence-corrected chi connectivity index (χ0v) is 12.6. The molecule has 0 aromatic carbocycles. The monoisotopic (exact) mass is 284 g/mol. The van der Waals surface area contributed by atoms with Gasteiger partial charge in [-0.15, -0.1) is 0 Å². The van der Waals surface area contributed by atoms with Crippen LogP contribution in [0, 0.1) is 5.92 Å². The molecule has 0 aliphatic carbocycles. The van der Waals surface area contributed by atoms with Gasteiger partial charge in [0.05, 0.1) is 12.4 Å². The van der Waals surface area contributed by atoms with Crippen LogP contribution in [0.1, 0.15) is 30.8 Å². The quantitative estimate of drug-likeness (QED) is 0.866. The summed E-state index contributed by atoms with van der Waals surface area (Å²) in [5.41, 5.74) is 0.245. The number of rotatable bonds is 6. The van der Waals surface area contributed by atoms with Crippen LogP contribution in [0.25, 0.3) is 0 Å². The molecule has 0 fully saturated rings. The maximum atomic E-state index is 11.9. The first kappa shape index (κ1) is 15.9. The number of hydrogen-bond acceptors (Lipinski definition) is 4. The Labute approximate surface area is 119 Å². The van der Waals surface area contributed by atoms with Crippen molar-refractivity contribution in [1.82, 2.24) is 20.2 Å². The van der Waals surface area contributed by atoms with Crippen molar-refractivity contribution < 1.29 is 4.79 Å². The second-order valence-electron chi connectivity index (χ2n) is 5.18. The fraction of sp³-hybridized carbons (Fsp3) is 0.615. The number of hydrogen-bond donors (Lipinski definition) is 1. The molecule has 1 atom stereocenters. The minimum absolute atomic E-state index is 0.221. The van der Waals surface area contributed by atoms with E-state index in [9.17, 15) is 4.79 Å². The zero-order valence-electron chi connectivity index (χ0n) is 11.9. The average Bonchev–Trinajstić information content (AvgIpc) is 2.33. The van der Waals surface area contributed by atoms with E-state index in [0.29, 0.717) is 18.5 Å². The van der Waals surface area contributed by atoms with E-state index in [0.717, 1.165) is 6.42 Å².